The van der Waals surface area contributed by atoms with Gasteiger partial charge in [0.15, 0.2) is 5.82 Å². The van der Waals surface area contributed by atoms with Gasteiger partial charge in [0.2, 0.25) is 0 Å². The van der Waals surface area contributed by atoms with Gasteiger partial charge in [0, 0.05) is 16.5 Å². The van der Waals surface area contributed by atoms with Gasteiger partial charge in [-0.3, -0.25) is 9.36 Å². The lowest BCUT2D eigenvalue weighted by Gasteiger charge is -2.09. The number of hydrogen-bond acceptors (Lipinski definition) is 3. The molecule has 0 spiro atoms. The highest BCUT2D eigenvalue weighted by molar-refractivity contribution is 6.35. The lowest BCUT2D eigenvalue weighted by molar-refractivity contribution is 0.0976. The third-order valence-electron chi connectivity index (χ3n) is 4.17. The number of nitrogens with zero attached hydrogens (tertiary/aromatic N) is 2. The molecule has 0 saturated carbocycles. The zero-order chi connectivity index (χ0) is 20.2. The van der Waals surface area contributed by atoms with Gasteiger partial charge in [-0.05, 0) is 42.5 Å². The van der Waals surface area contributed by atoms with Crippen molar-refractivity contribution in [3.8, 4) is 17.6 Å². The molecule has 0 saturated heterocycles. The molecule has 0 bridgehead atoms. The van der Waals surface area contributed by atoms with Gasteiger partial charge >= 0.3 is 5.91 Å². The van der Waals surface area contributed by atoms with Gasteiger partial charge in [-0.25, -0.2) is 4.98 Å². The number of fused-ring (bicyclic) bond motifs is 1. The fraction of sp³-hybridized carbons (Fsp3) is 0.0435. The van der Waals surface area contributed by atoms with E-state index in [4.69, 9.17) is 27.9 Å². The number of imidazole rings is 1. The molecule has 1 heterocycles. The smallest absolute Gasteiger partial charge is 0.308 e. The van der Waals surface area contributed by atoms with Crippen LogP contribution in [0.5, 0.6) is 5.75 Å². The minimum atomic E-state index is -0.386. The first-order valence-electron chi connectivity index (χ1n) is 8.77. The minimum absolute atomic E-state index is 0.0504. The van der Waals surface area contributed by atoms with Crippen LogP contribution >= 0.6 is 23.2 Å². The van der Waals surface area contributed by atoms with E-state index < -0.39 is 0 Å². The van der Waals surface area contributed by atoms with Gasteiger partial charge in [-0.15, -0.1) is 0 Å². The Balaban J connectivity index is 1.67. The number of rotatable bonds is 3. The molecule has 0 unspecified atom stereocenters. The van der Waals surface area contributed by atoms with Crippen LogP contribution < -0.4 is 4.74 Å². The lowest BCUT2D eigenvalue weighted by Crippen LogP contribution is -2.14. The molecule has 1 aromatic heterocycles. The highest BCUT2D eigenvalue weighted by Gasteiger charge is 2.16. The van der Waals surface area contributed by atoms with E-state index in [0.717, 1.165) is 5.56 Å². The van der Waals surface area contributed by atoms with Gasteiger partial charge in [0.1, 0.15) is 12.4 Å². The van der Waals surface area contributed by atoms with Crippen molar-refractivity contribution in [2.75, 3.05) is 0 Å². The number of halogens is 2. The van der Waals surface area contributed by atoms with Crippen LogP contribution in [0.4, 0.5) is 0 Å². The Kier molecular flexibility index (Phi) is 5.53. The molecule has 4 nitrogen and oxygen atoms in total. The predicted molar refractivity (Wildman–Crippen MR) is 114 cm³/mol. The van der Waals surface area contributed by atoms with Crippen LogP contribution in [0.25, 0.3) is 11.0 Å². The molecule has 6 heteroatoms. The number of benzene rings is 3. The second-order valence-corrected chi connectivity index (χ2v) is 6.98. The Morgan fingerprint density at radius 1 is 1.00 bits per heavy atom. The monoisotopic (exact) mass is 420 g/mol. The molecule has 4 aromatic rings. The summed E-state index contributed by atoms with van der Waals surface area (Å²) in [4.78, 5) is 17.4. The van der Waals surface area contributed by atoms with Crippen LogP contribution in [0, 0.1) is 11.8 Å². The standard InChI is InChI=1S/C23H14Cl2N2O2/c24-17-11-12-21(18(25)14-17)29-15-22-26-19-8-4-5-9-20(19)27(22)23(28)13-10-16-6-2-1-3-7-16/h1-9,11-12,14H,15H2. The van der Waals surface area contributed by atoms with E-state index >= 15 is 0 Å². The van der Waals surface area contributed by atoms with Crippen molar-refractivity contribution in [1.82, 2.24) is 9.55 Å². The van der Waals surface area contributed by atoms with Crippen LogP contribution in [0.2, 0.25) is 10.0 Å². The maximum absolute atomic E-state index is 12.9. The van der Waals surface area contributed by atoms with E-state index in [2.05, 4.69) is 16.8 Å². The van der Waals surface area contributed by atoms with E-state index in [0.29, 0.717) is 32.7 Å². The number of carbonyl (C=O) groups excluding carboxylic acids is 1. The van der Waals surface area contributed by atoms with Gasteiger partial charge in [-0.2, -0.15) is 0 Å². The second kappa shape index (κ2) is 8.40. The third-order valence-corrected chi connectivity index (χ3v) is 4.70. The average molecular weight is 421 g/mol. The molecule has 0 radical (unpaired) electrons. The second-order valence-electron chi connectivity index (χ2n) is 6.14. The van der Waals surface area contributed by atoms with Crippen LogP contribution in [-0.2, 0) is 6.61 Å². The molecule has 3 aromatic carbocycles. The summed E-state index contributed by atoms with van der Waals surface area (Å²) in [6, 6.07) is 21.7. The Labute approximate surface area is 177 Å². The van der Waals surface area contributed by atoms with Crippen molar-refractivity contribution in [3.05, 3.63) is 94.2 Å². The predicted octanol–water partition coefficient (Wildman–Crippen LogP) is 5.61. The molecular weight excluding hydrogens is 407 g/mol. The lowest BCUT2D eigenvalue weighted by atomic mass is 10.2. The van der Waals surface area contributed by atoms with E-state index in [9.17, 15) is 4.79 Å². The average Bonchev–Trinajstić information content (AvgIpc) is 3.10. The first-order chi connectivity index (χ1) is 14.1. The van der Waals surface area contributed by atoms with E-state index in [1.165, 1.54) is 4.57 Å². The van der Waals surface area contributed by atoms with Crippen molar-refractivity contribution in [2.24, 2.45) is 0 Å². The Morgan fingerprint density at radius 3 is 2.55 bits per heavy atom. The van der Waals surface area contributed by atoms with Crippen LogP contribution in [0.3, 0.4) is 0 Å². The summed E-state index contributed by atoms with van der Waals surface area (Å²) in [5, 5.41) is 0.899. The van der Waals surface area contributed by atoms with Gasteiger partial charge in [0.05, 0.1) is 16.1 Å². The Hall–Kier alpha value is -3.26. The SMILES string of the molecule is O=C(C#Cc1ccccc1)n1c(COc2ccc(Cl)cc2Cl)nc2ccccc21. The first kappa shape index (κ1) is 19.1. The zero-order valence-corrected chi connectivity index (χ0v) is 16.6. The Morgan fingerprint density at radius 2 is 1.76 bits per heavy atom. The molecule has 0 amide bonds. The molecule has 0 aliphatic heterocycles. The fourth-order valence-electron chi connectivity index (χ4n) is 2.84. The van der Waals surface area contributed by atoms with E-state index in [-0.39, 0.29) is 12.5 Å². The van der Waals surface area contributed by atoms with Crippen molar-refractivity contribution in [1.29, 1.82) is 0 Å². The van der Waals surface area contributed by atoms with Gasteiger partial charge < -0.3 is 4.74 Å². The summed E-state index contributed by atoms with van der Waals surface area (Å²) in [5.74, 6) is 6.08. The van der Waals surface area contributed by atoms with Crippen LogP contribution in [-0.4, -0.2) is 15.5 Å². The van der Waals surface area contributed by atoms with E-state index in [1.807, 2.05) is 54.6 Å². The van der Waals surface area contributed by atoms with Gasteiger partial charge in [-0.1, -0.05) is 59.5 Å². The summed E-state index contributed by atoms with van der Waals surface area (Å²) >= 11 is 12.1. The summed E-state index contributed by atoms with van der Waals surface area (Å²) < 4.78 is 7.25. The topological polar surface area (TPSA) is 44.1 Å². The third kappa shape index (κ3) is 4.27. The molecule has 29 heavy (non-hydrogen) atoms. The van der Waals surface area contributed by atoms with E-state index in [1.54, 1.807) is 18.2 Å². The number of aromatic nitrogens is 2. The minimum Gasteiger partial charge on any atom is -0.484 e. The number of carbonyl (C=O) groups is 1. The number of ether oxygens (including phenoxy) is 1. The summed E-state index contributed by atoms with van der Waals surface area (Å²) in [6.45, 7) is 0.0504. The maximum Gasteiger partial charge on any atom is 0.308 e. The molecule has 0 atom stereocenters. The molecule has 4 rings (SSSR count). The zero-order valence-electron chi connectivity index (χ0n) is 15.1. The summed E-state index contributed by atoms with van der Waals surface area (Å²) in [5.41, 5.74) is 2.11. The van der Waals surface area contributed by atoms with Crippen molar-refractivity contribution >= 4 is 40.1 Å². The highest BCUT2D eigenvalue weighted by atomic mass is 35.5. The van der Waals surface area contributed by atoms with Crippen LogP contribution in [0.1, 0.15) is 16.2 Å². The van der Waals surface area contributed by atoms with Crippen molar-refractivity contribution < 1.29 is 9.53 Å². The van der Waals surface area contributed by atoms with Crippen LogP contribution in [0.15, 0.2) is 72.8 Å². The molecule has 0 aliphatic carbocycles. The Bertz CT molecular complexity index is 1250. The van der Waals surface area contributed by atoms with Crippen molar-refractivity contribution in [3.63, 3.8) is 0 Å². The van der Waals surface area contributed by atoms with Crippen molar-refractivity contribution in [2.45, 2.75) is 6.61 Å². The molecular formula is C23H14Cl2N2O2. The summed E-state index contributed by atoms with van der Waals surface area (Å²) in [6.07, 6.45) is 0. The van der Waals surface area contributed by atoms with Gasteiger partial charge in [0.25, 0.3) is 0 Å². The molecule has 0 aliphatic rings. The maximum atomic E-state index is 12.9. The highest BCUT2D eigenvalue weighted by Crippen LogP contribution is 2.28. The summed E-state index contributed by atoms with van der Waals surface area (Å²) in [7, 11) is 0. The molecule has 142 valence electrons. The molecule has 0 fully saturated rings. The fourth-order valence-corrected chi connectivity index (χ4v) is 3.30. The number of para-hydroxylation sites is 2. The normalized spacial score (nSPS) is 10.4. The molecule has 0 N–H and O–H groups in total. The number of hydrogen-bond donors (Lipinski definition) is 0. The first-order valence-corrected chi connectivity index (χ1v) is 9.53. The quantitative estimate of drug-likeness (QED) is 0.404. The largest absolute Gasteiger partial charge is 0.484 e.